The molecular formula is C15H16N3O2S2+. The van der Waals surface area contributed by atoms with E-state index in [1.807, 2.05) is 23.5 Å². The molecule has 0 bridgehead atoms. The summed E-state index contributed by atoms with van der Waals surface area (Å²) in [6.45, 7) is 1.86. The fourth-order valence-electron chi connectivity index (χ4n) is 3.03. The molecule has 0 aliphatic carbocycles. The summed E-state index contributed by atoms with van der Waals surface area (Å²) in [5.41, 5.74) is 0. The van der Waals surface area contributed by atoms with E-state index in [4.69, 9.17) is 21.1 Å². The molecule has 2 atom stereocenters. The van der Waals surface area contributed by atoms with Gasteiger partial charge in [0.15, 0.2) is 12.4 Å². The molecule has 4 heterocycles. The highest BCUT2D eigenvalue weighted by atomic mass is 32.1. The number of aromatic nitrogens is 2. The van der Waals surface area contributed by atoms with Gasteiger partial charge in [0.25, 0.3) is 10.7 Å². The van der Waals surface area contributed by atoms with Crippen LogP contribution in [0.3, 0.4) is 0 Å². The van der Waals surface area contributed by atoms with Gasteiger partial charge < -0.3 is 13.7 Å². The number of nitrogens with zero attached hydrogens (tertiary/aromatic N) is 2. The van der Waals surface area contributed by atoms with Crippen LogP contribution >= 0.6 is 23.6 Å². The van der Waals surface area contributed by atoms with Gasteiger partial charge in [-0.3, -0.25) is 0 Å². The second-order valence-electron chi connectivity index (χ2n) is 5.43. The van der Waals surface area contributed by atoms with Crippen LogP contribution in [0.15, 0.2) is 44.7 Å². The van der Waals surface area contributed by atoms with Gasteiger partial charge in [-0.15, -0.1) is 16.4 Å². The third-order valence-corrected chi connectivity index (χ3v) is 5.34. The standard InChI is InChI=1S/C15H15N3O2S2/c21-15-18(16-14(20-15)12-5-2-8-19-12)10-17-7-1-4-11(17)13-6-3-9-22-13/h2-3,5-6,8-9,11H,1,4,7,10H2/p+1/t11-/m0/s1. The van der Waals surface area contributed by atoms with Crippen molar-refractivity contribution in [2.24, 2.45) is 0 Å². The minimum absolute atomic E-state index is 0.399. The highest BCUT2D eigenvalue weighted by Gasteiger charge is 2.31. The highest BCUT2D eigenvalue weighted by Crippen LogP contribution is 2.23. The molecule has 0 spiro atoms. The largest absolute Gasteiger partial charge is 0.459 e. The normalized spacial score (nSPS) is 21.5. The molecule has 5 nitrogen and oxygen atoms in total. The minimum Gasteiger partial charge on any atom is -0.459 e. The lowest BCUT2D eigenvalue weighted by molar-refractivity contribution is -0.941. The lowest BCUT2D eigenvalue weighted by Gasteiger charge is -2.19. The maximum Gasteiger partial charge on any atom is 0.292 e. The van der Waals surface area contributed by atoms with E-state index < -0.39 is 0 Å². The van der Waals surface area contributed by atoms with Crippen molar-refractivity contribution in [3.63, 3.8) is 0 Å². The van der Waals surface area contributed by atoms with Crippen LogP contribution in [-0.2, 0) is 6.67 Å². The predicted octanol–water partition coefficient (Wildman–Crippen LogP) is 2.90. The first kappa shape index (κ1) is 13.9. The molecule has 0 radical (unpaired) electrons. The van der Waals surface area contributed by atoms with Crippen LogP contribution in [0.1, 0.15) is 23.8 Å². The number of quaternary nitrogens is 1. The third-order valence-electron chi connectivity index (χ3n) is 4.06. The Labute approximate surface area is 136 Å². The van der Waals surface area contributed by atoms with E-state index in [-0.39, 0.29) is 0 Å². The van der Waals surface area contributed by atoms with Crippen LogP contribution in [0, 0.1) is 4.84 Å². The van der Waals surface area contributed by atoms with E-state index in [2.05, 4.69) is 22.6 Å². The van der Waals surface area contributed by atoms with E-state index in [0.29, 0.717) is 22.5 Å². The van der Waals surface area contributed by atoms with Gasteiger partial charge in [0.05, 0.1) is 17.7 Å². The topological polar surface area (TPSA) is 48.5 Å². The van der Waals surface area contributed by atoms with Crippen LogP contribution in [-0.4, -0.2) is 16.3 Å². The monoisotopic (exact) mass is 334 g/mol. The average molecular weight is 334 g/mol. The second kappa shape index (κ2) is 5.83. The van der Waals surface area contributed by atoms with Crippen LogP contribution in [0.5, 0.6) is 0 Å². The lowest BCUT2D eigenvalue weighted by atomic mass is 10.2. The SMILES string of the molecule is S=c1oc(-c2ccco2)nn1C[NH+]1CCC[C@H]1c1cccs1. The fourth-order valence-corrected chi connectivity index (χ4v) is 4.14. The molecule has 0 amide bonds. The Hall–Kier alpha value is -1.70. The van der Waals surface area contributed by atoms with E-state index in [1.54, 1.807) is 10.9 Å². The summed E-state index contributed by atoms with van der Waals surface area (Å²) in [6.07, 6.45) is 4.05. The molecule has 1 fully saturated rings. The van der Waals surface area contributed by atoms with Crippen molar-refractivity contribution in [3.05, 3.63) is 45.6 Å². The van der Waals surface area contributed by atoms with Crippen molar-refractivity contribution < 1.29 is 13.7 Å². The zero-order chi connectivity index (χ0) is 14.9. The number of thiophene rings is 1. The number of hydrogen-bond acceptors (Lipinski definition) is 5. The Kier molecular flexibility index (Phi) is 3.69. The van der Waals surface area contributed by atoms with Crippen molar-refractivity contribution in [1.82, 2.24) is 9.78 Å². The Bertz CT molecular complexity index is 789. The zero-order valence-electron chi connectivity index (χ0n) is 11.9. The number of furan rings is 1. The van der Waals surface area contributed by atoms with Gasteiger partial charge in [-0.2, -0.15) is 4.68 Å². The molecule has 0 saturated carbocycles. The predicted molar refractivity (Wildman–Crippen MR) is 85.2 cm³/mol. The molecule has 1 aliphatic rings. The minimum atomic E-state index is 0.399. The summed E-state index contributed by atoms with van der Waals surface area (Å²) in [5, 5.41) is 6.61. The van der Waals surface area contributed by atoms with Gasteiger partial charge in [-0.1, -0.05) is 6.07 Å². The maximum absolute atomic E-state index is 5.56. The van der Waals surface area contributed by atoms with E-state index in [0.717, 1.165) is 13.2 Å². The van der Waals surface area contributed by atoms with Gasteiger partial charge in [0, 0.05) is 12.8 Å². The molecule has 4 rings (SSSR count). The van der Waals surface area contributed by atoms with Crippen molar-refractivity contribution in [2.75, 3.05) is 6.54 Å². The molecule has 7 heteroatoms. The lowest BCUT2D eigenvalue weighted by Crippen LogP contribution is -3.09. The summed E-state index contributed by atoms with van der Waals surface area (Å²) < 4.78 is 12.6. The Morgan fingerprint density at radius 1 is 1.41 bits per heavy atom. The van der Waals surface area contributed by atoms with Crippen LogP contribution in [0.25, 0.3) is 11.7 Å². The summed E-state index contributed by atoms with van der Waals surface area (Å²) in [4.78, 5) is 3.32. The summed E-state index contributed by atoms with van der Waals surface area (Å²) in [5.74, 6) is 1.05. The van der Waals surface area contributed by atoms with E-state index >= 15 is 0 Å². The number of hydrogen-bond donors (Lipinski definition) is 1. The fraction of sp³-hybridized carbons (Fsp3) is 0.333. The molecule has 1 aliphatic heterocycles. The second-order valence-corrected chi connectivity index (χ2v) is 6.76. The molecule has 114 valence electrons. The highest BCUT2D eigenvalue weighted by molar-refractivity contribution is 7.71. The quantitative estimate of drug-likeness (QED) is 0.745. The third kappa shape index (κ3) is 2.55. The number of rotatable bonds is 4. The summed E-state index contributed by atoms with van der Waals surface area (Å²) in [6, 6.07) is 8.50. The molecule has 1 saturated heterocycles. The van der Waals surface area contributed by atoms with Gasteiger partial charge in [-0.25, -0.2) is 0 Å². The average Bonchev–Trinajstić information content (AvgIpc) is 3.27. The van der Waals surface area contributed by atoms with Crippen molar-refractivity contribution in [2.45, 2.75) is 25.6 Å². The Balaban J connectivity index is 1.57. The molecule has 0 aromatic carbocycles. The van der Waals surface area contributed by atoms with Crippen LogP contribution in [0.2, 0.25) is 0 Å². The van der Waals surface area contributed by atoms with E-state index in [9.17, 15) is 0 Å². The molecule has 3 aromatic heterocycles. The number of nitrogens with one attached hydrogen (secondary N) is 1. The molecular weight excluding hydrogens is 318 g/mol. The van der Waals surface area contributed by atoms with E-state index in [1.165, 1.54) is 22.6 Å². The summed E-state index contributed by atoms with van der Waals surface area (Å²) in [7, 11) is 0. The molecule has 3 aromatic rings. The first-order valence-corrected chi connectivity index (χ1v) is 8.60. The van der Waals surface area contributed by atoms with Gasteiger partial charge in [0.1, 0.15) is 6.04 Å². The van der Waals surface area contributed by atoms with Crippen molar-refractivity contribution in [3.8, 4) is 11.7 Å². The van der Waals surface area contributed by atoms with Gasteiger partial charge in [0.2, 0.25) is 0 Å². The van der Waals surface area contributed by atoms with Crippen LogP contribution in [0.4, 0.5) is 0 Å². The molecule has 1 unspecified atom stereocenters. The Morgan fingerprint density at radius 3 is 3.14 bits per heavy atom. The molecule has 22 heavy (non-hydrogen) atoms. The van der Waals surface area contributed by atoms with Crippen molar-refractivity contribution >= 4 is 23.6 Å². The van der Waals surface area contributed by atoms with Gasteiger partial charge >= 0.3 is 0 Å². The first-order chi connectivity index (χ1) is 10.8. The first-order valence-electron chi connectivity index (χ1n) is 7.31. The number of likely N-dealkylation sites (tertiary alicyclic amines) is 1. The van der Waals surface area contributed by atoms with Gasteiger partial charge in [-0.05, 0) is 35.8 Å². The maximum atomic E-state index is 5.56. The Morgan fingerprint density at radius 2 is 2.36 bits per heavy atom. The zero-order valence-corrected chi connectivity index (χ0v) is 13.5. The van der Waals surface area contributed by atoms with Crippen LogP contribution < -0.4 is 4.90 Å². The molecule has 1 N–H and O–H groups in total. The summed E-state index contributed by atoms with van der Waals surface area (Å²) >= 11 is 7.13. The van der Waals surface area contributed by atoms with Crippen molar-refractivity contribution in [1.29, 1.82) is 0 Å². The smallest absolute Gasteiger partial charge is 0.292 e.